The summed E-state index contributed by atoms with van der Waals surface area (Å²) in [7, 11) is 0. The van der Waals surface area contributed by atoms with E-state index in [9.17, 15) is 13.6 Å². The molecule has 0 radical (unpaired) electrons. The lowest BCUT2D eigenvalue weighted by Gasteiger charge is -2.18. The molecule has 1 fully saturated rings. The van der Waals surface area contributed by atoms with Crippen LogP contribution in [-0.2, 0) is 0 Å². The highest BCUT2D eigenvalue weighted by molar-refractivity contribution is 5.94. The minimum atomic E-state index is -1.01. The van der Waals surface area contributed by atoms with Crippen LogP contribution in [0.25, 0.3) is 0 Å². The molecule has 1 aromatic rings. The van der Waals surface area contributed by atoms with Gasteiger partial charge < -0.3 is 11.1 Å². The van der Waals surface area contributed by atoms with Crippen LogP contribution in [0.1, 0.15) is 29.6 Å². The Hall–Kier alpha value is -1.49. The number of amides is 1. The number of hydrogen-bond acceptors (Lipinski definition) is 2. The molecule has 0 aromatic heterocycles. The fourth-order valence-electron chi connectivity index (χ4n) is 2.66. The maximum Gasteiger partial charge on any atom is 0.251 e. The van der Waals surface area contributed by atoms with Crippen LogP contribution in [0.2, 0.25) is 0 Å². The number of nitrogens with one attached hydrogen (secondary N) is 1. The van der Waals surface area contributed by atoms with Crippen molar-refractivity contribution >= 4 is 5.91 Å². The Morgan fingerprint density at radius 2 is 2.00 bits per heavy atom. The van der Waals surface area contributed by atoms with Gasteiger partial charge in [-0.25, -0.2) is 8.78 Å². The van der Waals surface area contributed by atoms with Gasteiger partial charge in [0.1, 0.15) is 0 Å². The zero-order valence-corrected chi connectivity index (χ0v) is 10.7. The molecule has 3 N–H and O–H groups in total. The molecular formula is C14H18F2N2O. The van der Waals surface area contributed by atoms with E-state index in [4.69, 9.17) is 5.73 Å². The average Bonchev–Trinajstić information content (AvgIpc) is 2.86. The van der Waals surface area contributed by atoms with Crippen LogP contribution in [0.4, 0.5) is 8.78 Å². The second kappa shape index (κ2) is 6.10. The van der Waals surface area contributed by atoms with Crippen molar-refractivity contribution in [2.75, 3.05) is 13.1 Å². The van der Waals surface area contributed by atoms with Gasteiger partial charge >= 0.3 is 0 Å². The molecule has 2 unspecified atom stereocenters. The lowest BCUT2D eigenvalue weighted by Crippen LogP contribution is -2.32. The second-order valence-corrected chi connectivity index (χ2v) is 5.03. The van der Waals surface area contributed by atoms with E-state index < -0.39 is 11.6 Å². The van der Waals surface area contributed by atoms with Gasteiger partial charge in [-0.05, 0) is 49.4 Å². The zero-order chi connectivity index (χ0) is 13.8. The lowest BCUT2D eigenvalue weighted by atomic mass is 9.96. The van der Waals surface area contributed by atoms with Crippen molar-refractivity contribution in [2.45, 2.75) is 19.3 Å². The van der Waals surface area contributed by atoms with Crippen LogP contribution < -0.4 is 11.1 Å². The number of rotatable bonds is 4. The van der Waals surface area contributed by atoms with Gasteiger partial charge in [0.2, 0.25) is 0 Å². The number of carbonyl (C=O) groups excluding carboxylic acids is 1. The summed E-state index contributed by atoms with van der Waals surface area (Å²) in [6.07, 6.45) is 3.29. The molecule has 1 saturated carbocycles. The van der Waals surface area contributed by atoms with Crippen molar-refractivity contribution in [1.82, 2.24) is 5.32 Å². The van der Waals surface area contributed by atoms with Crippen molar-refractivity contribution in [1.29, 1.82) is 0 Å². The molecular weight excluding hydrogens is 250 g/mol. The first-order valence-electron chi connectivity index (χ1n) is 6.55. The molecule has 1 aliphatic rings. The summed E-state index contributed by atoms with van der Waals surface area (Å²) >= 11 is 0. The molecule has 0 saturated heterocycles. The van der Waals surface area contributed by atoms with E-state index >= 15 is 0 Å². The summed E-state index contributed by atoms with van der Waals surface area (Å²) < 4.78 is 25.8. The van der Waals surface area contributed by atoms with Crippen LogP contribution in [-0.4, -0.2) is 19.0 Å². The molecule has 0 aliphatic heterocycles. The predicted octanol–water partition coefficient (Wildman–Crippen LogP) is 2.07. The average molecular weight is 268 g/mol. The van der Waals surface area contributed by atoms with Crippen molar-refractivity contribution < 1.29 is 13.6 Å². The highest BCUT2D eigenvalue weighted by atomic mass is 19.2. The Kier molecular flexibility index (Phi) is 4.47. The highest BCUT2D eigenvalue weighted by Crippen LogP contribution is 2.30. The molecule has 2 rings (SSSR count). The minimum absolute atomic E-state index is 0.140. The molecule has 5 heteroatoms. The van der Waals surface area contributed by atoms with E-state index in [-0.39, 0.29) is 11.5 Å². The first kappa shape index (κ1) is 13.9. The number of halogens is 2. The third-order valence-electron chi connectivity index (χ3n) is 3.83. The van der Waals surface area contributed by atoms with Crippen molar-refractivity contribution in [3.8, 4) is 0 Å². The Labute approximate surface area is 111 Å². The van der Waals surface area contributed by atoms with Crippen LogP contribution >= 0.6 is 0 Å². The summed E-state index contributed by atoms with van der Waals surface area (Å²) in [6.45, 7) is 1.17. The van der Waals surface area contributed by atoms with Crippen molar-refractivity contribution in [3.63, 3.8) is 0 Å². The molecule has 0 heterocycles. The molecule has 1 aliphatic carbocycles. The summed E-state index contributed by atoms with van der Waals surface area (Å²) in [5.74, 6) is -1.49. The summed E-state index contributed by atoms with van der Waals surface area (Å²) in [6, 6.07) is 3.16. The fourth-order valence-corrected chi connectivity index (χ4v) is 2.66. The van der Waals surface area contributed by atoms with Crippen LogP contribution in [0, 0.1) is 23.5 Å². The SMILES string of the molecule is NCC1CCCC1CNC(=O)c1ccc(F)c(F)c1. The smallest absolute Gasteiger partial charge is 0.251 e. The predicted molar refractivity (Wildman–Crippen MR) is 68.6 cm³/mol. The van der Waals surface area contributed by atoms with Gasteiger partial charge in [-0.2, -0.15) is 0 Å². The zero-order valence-electron chi connectivity index (χ0n) is 10.7. The topological polar surface area (TPSA) is 55.1 Å². The maximum atomic E-state index is 13.0. The number of carbonyl (C=O) groups is 1. The van der Waals surface area contributed by atoms with Crippen LogP contribution in [0.5, 0.6) is 0 Å². The molecule has 0 spiro atoms. The van der Waals surface area contributed by atoms with E-state index in [0.29, 0.717) is 24.9 Å². The van der Waals surface area contributed by atoms with Crippen molar-refractivity contribution in [2.24, 2.45) is 17.6 Å². The van der Waals surface area contributed by atoms with E-state index in [1.807, 2.05) is 0 Å². The molecule has 0 bridgehead atoms. The number of nitrogens with two attached hydrogens (primary N) is 1. The monoisotopic (exact) mass is 268 g/mol. The molecule has 104 valence electrons. The van der Waals surface area contributed by atoms with Crippen LogP contribution in [0.3, 0.4) is 0 Å². The molecule has 1 amide bonds. The standard InChI is InChI=1S/C14H18F2N2O/c15-12-5-4-9(6-13(12)16)14(19)18-8-11-3-1-2-10(11)7-17/h4-6,10-11H,1-3,7-8,17H2,(H,18,19). The summed E-state index contributed by atoms with van der Waals surface area (Å²) in [5, 5.41) is 2.77. The molecule has 2 atom stereocenters. The Morgan fingerprint density at radius 3 is 2.68 bits per heavy atom. The first-order valence-corrected chi connectivity index (χ1v) is 6.55. The van der Waals surface area contributed by atoms with E-state index in [1.165, 1.54) is 6.07 Å². The fraction of sp³-hybridized carbons (Fsp3) is 0.500. The van der Waals surface area contributed by atoms with Crippen molar-refractivity contribution in [3.05, 3.63) is 35.4 Å². The Morgan fingerprint density at radius 1 is 1.26 bits per heavy atom. The Bertz CT molecular complexity index is 465. The Balaban J connectivity index is 1.92. The van der Waals surface area contributed by atoms with Crippen LogP contribution in [0.15, 0.2) is 18.2 Å². The first-order chi connectivity index (χ1) is 9.11. The number of benzene rings is 1. The van der Waals surface area contributed by atoms with Gasteiger partial charge in [0, 0.05) is 12.1 Å². The normalized spacial score (nSPS) is 22.5. The van der Waals surface area contributed by atoms with Gasteiger partial charge in [0.25, 0.3) is 5.91 Å². The third kappa shape index (κ3) is 3.29. The highest BCUT2D eigenvalue weighted by Gasteiger charge is 2.26. The lowest BCUT2D eigenvalue weighted by molar-refractivity contribution is 0.0943. The van der Waals surface area contributed by atoms with E-state index in [1.54, 1.807) is 0 Å². The van der Waals surface area contributed by atoms with E-state index in [0.717, 1.165) is 31.4 Å². The van der Waals surface area contributed by atoms with Gasteiger partial charge in [-0.1, -0.05) is 6.42 Å². The maximum absolute atomic E-state index is 13.0. The molecule has 19 heavy (non-hydrogen) atoms. The summed E-state index contributed by atoms with van der Waals surface area (Å²) in [5.41, 5.74) is 5.81. The quantitative estimate of drug-likeness (QED) is 0.878. The molecule has 3 nitrogen and oxygen atoms in total. The second-order valence-electron chi connectivity index (χ2n) is 5.03. The van der Waals surface area contributed by atoms with Gasteiger partial charge in [-0.3, -0.25) is 4.79 Å². The van der Waals surface area contributed by atoms with Gasteiger partial charge in [0.15, 0.2) is 11.6 Å². The number of hydrogen-bond donors (Lipinski definition) is 2. The van der Waals surface area contributed by atoms with E-state index in [2.05, 4.69) is 5.32 Å². The molecule has 1 aromatic carbocycles. The van der Waals surface area contributed by atoms with Gasteiger partial charge in [0.05, 0.1) is 0 Å². The third-order valence-corrected chi connectivity index (χ3v) is 3.83. The summed E-state index contributed by atoms with van der Waals surface area (Å²) in [4.78, 5) is 11.8. The largest absolute Gasteiger partial charge is 0.352 e. The van der Waals surface area contributed by atoms with Gasteiger partial charge in [-0.15, -0.1) is 0 Å². The minimum Gasteiger partial charge on any atom is -0.352 e.